The lowest BCUT2D eigenvalue weighted by Crippen LogP contribution is -2.44. The lowest BCUT2D eigenvalue weighted by Gasteiger charge is -2.28. The van der Waals surface area contributed by atoms with E-state index in [2.05, 4.69) is 11.9 Å². The first kappa shape index (κ1) is 28.2. The molecule has 2 amide bonds. The molecule has 0 aliphatic heterocycles. The van der Waals surface area contributed by atoms with E-state index in [-0.39, 0.29) is 12.5 Å². The molecule has 0 radical (unpaired) electrons. The van der Waals surface area contributed by atoms with E-state index in [4.69, 9.17) is 9.47 Å². The number of aliphatic carboxylic acids is 1. The first-order valence-corrected chi connectivity index (χ1v) is 12.8. The fourth-order valence-corrected chi connectivity index (χ4v) is 4.35. The van der Waals surface area contributed by atoms with E-state index in [1.165, 1.54) is 5.56 Å². The molecule has 0 saturated heterocycles. The molecule has 2 atom stereocenters. The molecular formula is C28H39N3O6. The van der Waals surface area contributed by atoms with E-state index in [1.807, 2.05) is 28.8 Å². The molecule has 1 fully saturated rings. The Morgan fingerprint density at radius 2 is 1.62 bits per heavy atom. The zero-order chi connectivity index (χ0) is 27.6. The van der Waals surface area contributed by atoms with Crippen LogP contribution in [0.2, 0.25) is 0 Å². The van der Waals surface area contributed by atoms with E-state index < -0.39 is 34.8 Å². The molecule has 1 aromatic carbocycles. The highest BCUT2D eigenvalue weighted by Gasteiger charge is 2.62. The summed E-state index contributed by atoms with van der Waals surface area (Å²) in [6, 6.07) is 8.07. The van der Waals surface area contributed by atoms with Crippen LogP contribution in [-0.4, -0.2) is 55.5 Å². The Morgan fingerprint density at radius 3 is 2.11 bits per heavy atom. The van der Waals surface area contributed by atoms with Gasteiger partial charge in [-0.2, -0.15) is 0 Å². The third-order valence-corrected chi connectivity index (χ3v) is 6.33. The lowest BCUT2D eigenvalue weighted by molar-refractivity contribution is -0.140. The van der Waals surface area contributed by atoms with Gasteiger partial charge in [-0.05, 0) is 90.8 Å². The third kappa shape index (κ3) is 6.90. The molecule has 0 spiro atoms. The van der Waals surface area contributed by atoms with Crippen molar-refractivity contribution >= 4 is 18.2 Å². The number of aryl methyl sites for hydroxylation is 1. The topological polar surface area (TPSA) is 111 Å². The number of ether oxygens (including phenoxy) is 2. The maximum Gasteiger partial charge on any atom is 0.419 e. The molecule has 1 aliphatic rings. The van der Waals surface area contributed by atoms with Gasteiger partial charge in [0, 0.05) is 18.4 Å². The second-order valence-corrected chi connectivity index (χ2v) is 11.6. The molecule has 9 nitrogen and oxygen atoms in total. The fraction of sp³-hybridized carbons (Fsp3) is 0.571. The van der Waals surface area contributed by atoms with Crippen molar-refractivity contribution in [2.75, 3.05) is 6.54 Å². The molecule has 202 valence electrons. The standard InChI is InChI=1S/C28H39N3O6/c1-8-19-11-13-21(14-12-19)30-17-22(29-18-30)28(23(32)33)16-20(28)10-9-15-31(24(34)36-26(2,3)4)25(35)37-27(5,6)7/h11-14,17-18,20H,8-10,15-16H2,1-7H3,(H,32,33)/t20-,28+/m0/s1. The largest absolute Gasteiger partial charge is 0.481 e. The van der Waals surface area contributed by atoms with Crippen LogP contribution in [0, 0.1) is 5.92 Å². The van der Waals surface area contributed by atoms with Gasteiger partial charge in [-0.25, -0.2) is 19.5 Å². The van der Waals surface area contributed by atoms with Crippen LogP contribution in [0.4, 0.5) is 9.59 Å². The van der Waals surface area contributed by atoms with Gasteiger partial charge in [0.15, 0.2) is 0 Å². The van der Waals surface area contributed by atoms with Gasteiger partial charge in [-0.1, -0.05) is 19.1 Å². The molecule has 0 bridgehead atoms. The number of carboxylic acids is 1. The zero-order valence-electron chi connectivity index (χ0n) is 22.9. The molecule has 9 heteroatoms. The zero-order valence-corrected chi connectivity index (χ0v) is 22.9. The summed E-state index contributed by atoms with van der Waals surface area (Å²) >= 11 is 0. The summed E-state index contributed by atoms with van der Waals surface area (Å²) in [5.74, 6) is -1.07. The van der Waals surface area contributed by atoms with Crippen molar-refractivity contribution in [2.24, 2.45) is 5.92 Å². The fourth-order valence-electron chi connectivity index (χ4n) is 4.35. The number of imide groups is 1. The molecule has 1 aliphatic carbocycles. The van der Waals surface area contributed by atoms with Gasteiger partial charge in [0.2, 0.25) is 0 Å². The summed E-state index contributed by atoms with van der Waals surface area (Å²) in [5, 5.41) is 10.1. The Kier molecular flexibility index (Phi) is 8.05. The van der Waals surface area contributed by atoms with Crippen LogP contribution < -0.4 is 0 Å². The van der Waals surface area contributed by atoms with Crippen molar-refractivity contribution in [1.82, 2.24) is 14.5 Å². The van der Waals surface area contributed by atoms with Gasteiger partial charge in [0.25, 0.3) is 0 Å². The van der Waals surface area contributed by atoms with Crippen molar-refractivity contribution in [2.45, 2.75) is 90.8 Å². The van der Waals surface area contributed by atoms with Crippen LogP contribution in [0.3, 0.4) is 0 Å². The quantitative estimate of drug-likeness (QED) is 0.480. The van der Waals surface area contributed by atoms with Crippen LogP contribution in [0.15, 0.2) is 36.8 Å². The van der Waals surface area contributed by atoms with E-state index >= 15 is 0 Å². The maximum absolute atomic E-state index is 12.7. The average Bonchev–Trinajstić information content (AvgIpc) is 3.30. The predicted octanol–water partition coefficient (Wildman–Crippen LogP) is 5.73. The van der Waals surface area contributed by atoms with Crippen LogP contribution in [-0.2, 0) is 26.1 Å². The van der Waals surface area contributed by atoms with Gasteiger partial charge >= 0.3 is 18.2 Å². The Labute approximate surface area is 218 Å². The van der Waals surface area contributed by atoms with Crippen LogP contribution in [0.25, 0.3) is 5.69 Å². The number of imidazole rings is 1. The summed E-state index contributed by atoms with van der Waals surface area (Å²) in [6.45, 7) is 12.5. The van der Waals surface area contributed by atoms with Crippen LogP contribution in [0.1, 0.15) is 79.0 Å². The number of amides is 2. The number of carbonyl (C=O) groups excluding carboxylic acids is 2. The summed E-state index contributed by atoms with van der Waals surface area (Å²) in [5.41, 5.74) is 0.0289. The smallest absolute Gasteiger partial charge is 0.419 e. The Morgan fingerprint density at radius 1 is 1.05 bits per heavy atom. The molecule has 1 aromatic heterocycles. The molecule has 1 heterocycles. The number of nitrogens with zero attached hydrogens (tertiary/aromatic N) is 3. The van der Waals surface area contributed by atoms with Crippen molar-refractivity contribution in [1.29, 1.82) is 0 Å². The first-order chi connectivity index (χ1) is 17.2. The van der Waals surface area contributed by atoms with Crippen molar-refractivity contribution in [3.8, 4) is 5.69 Å². The monoisotopic (exact) mass is 513 g/mol. The van der Waals surface area contributed by atoms with Crippen molar-refractivity contribution in [3.63, 3.8) is 0 Å². The Hall–Kier alpha value is -3.36. The number of hydrogen-bond acceptors (Lipinski definition) is 6. The molecule has 37 heavy (non-hydrogen) atoms. The Bertz CT molecular complexity index is 1100. The second-order valence-electron chi connectivity index (χ2n) is 11.6. The van der Waals surface area contributed by atoms with Crippen molar-refractivity contribution < 1.29 is 29.0 Å². The second kappa shape index (κ2) is 10.6. The molecule has 2 aromatic rings. The summed E-state index contributed by atoms with van der Waals surface area (Å²) in [4.78, 5) is 43.2. The van der Waals surface area contributed by atoms with E-state index in [9.17, 15) is 19.5 Å². The minimum atomic E-state index is -1.07. The summed E-state index contributed by atoms with van der Waals surface area (Å²) in [7, 11) is 0. The molecule has 1 N–H and O–H groups in total. The maximum atomic E-state index is 12.7. The highest BCUT2D eigenvalue weighted by Crippen LogP contribution is 2.56. The van der Waals surface area contributed by atoms with Gasteiger partial charge in [-0.3, -0.25) is 4.79 Å². The number of rotatable bonds is 8. The van der Waals surface area contributed by atoms with E-state index in [0.29, 0.717) is 25.0 Å². The first-order valence-electron chi connectivity index (χ1n) is 12.8. The normalized spacial score (nSPS) is 19.3. The van der Waals surface area contributed by atoms with Crippen LogP contribution in [0.5, 0.6) is 0 Å². The molecule has 3 rings (SSSR count). The summed E-state index contributed by atoms with van der Waals surface area (Å²) in [6.07, 6.45) is 4.17. The van der Waals surface area contributed by atoms with Gasteiger partial charge in [0.05, 0.1) is 12.0 Å². The molecular weight excluding hydrogens is 474 g/mol. The number of aromatic nitrogens is 2. The van der Waals surface area contributed by atoms with Crippen molar-refractivity contribution in [3.05, 3.63) is 48.0 Å². The Balaban J connectivity index is 1.69. The summed E-state index contributed by atoms with van der Waals surface area (Å²) < 4.78 is 12.6. The molecule has 1 saturated carbocycles. The number of benzene rings is 1. The van der Waals surface area contributed by atoms with E-state index in [0.717, 1.165) is 17.0 Å². The average molecular weight is 514 g/mol. The van der Waals surface area contributed by atoms with E-state index in [1.54, 1.807) is 54.1 Å². The van der Waals surface area contributed by atoms with Crippen LogP contribution >= 0.6 is 0 Å². The minimum Gasteiger partial charge on any atom is -0.481 e. The SMILES string of the molecule is CCc1ccc(-n2cnc([C@@]3(C(=O)O)C[C@@H]3CCCN(C(=O)OC(C)(C)C)C(=O)OC(C)(C)C)c2)cc1. The number of carboxylic acid groups (broad SMARTS) is 1. The number of hydrogen-bond donors (Lipinski definition) is 1. The highest BCUT2D eigenvalue weighted by atomic mass is 16.6. The third-order valence-electron chi connectivity index (χ3n) is 6.33. The van der Waals surface area contributed by atoms with Gasteiger partial charge in [0.1, 0.15) is 16.6 Å². The minimum absolute atomic E-state index is 0.0637. The van der Waals surface area contributed by atoms with Gasteiger partial charge < -0.3 is 19.1 Å². The number of carbonyl (C=O) groups is 3. The highest BCUT2D eigenvalue weighted by molar-refractivity contribution is 5.88. The predicted molar refractivity (Wildman–Crippen MR) is 139 cm³/mol. The van der Waals surface area contributed by atoms with Gasteiger partial charge in [-0.15, -0.1) is 0 Å². The molecule has 0 unspecified atom stereocenters. The lowest BCUT2D eigenvalue weighted by atomic mass is 9.97.